The van der Waals surface area contributed by atoms with Crippen molar-refractivity contribution in [2.75, 3.05) is 20.8 Å². The van der Waals surface area contributed by atoms with E-state index in [1.165, 1.54) is 0 Å². The molecule has 0 spiro atoms. The molecule has 1 rings (SSSR count). The minimum atomic E-state index is -0.309. The van der Waals surface area contributed by atoms with E-state index in [2.05, 4.69) is 5.32 Å². The molecule has 1 aromatic rings. The van der Waals surface area contributed by atoms with E-state index >= 15 is 0 Å². The molecule has 5 heteroatoms. The number of aldehydes is 1. The van der Waals surface area contributed by atoms with Crippen LogP contribution in [0.1, 0.15) is 11.5 Å². The average molecular weight is 236 g/mol. The highest BCUT2D eigenvalue weighted by atomic mass is 16.5. The minimum Gasteiger partial charge on any atom is -0.493 e. The van der Waals surface area contributed by atoms with Crippen molar-refractivity contribution in [3.05, 3.63) is 23.8 Å². The number of methoxy groups -OCH3 is 2. The van der Waals surface area contributed by atoms with Gasteiger partial charge in [0.05, 0.1) is 26.5 Å². The monoisotopic (exact) mass is 236 g/mol. The van der Waals surface area contributed by atoms with Gasteiger partial charge in [-0.05, 0) is 17.7 Å². The van der Waals surface area contributed by atoms with Gasteiger partial charge in [-0.2, -0.15) is 0 Å². The lowest BCUT2D eigenvalue weighted by Crippen LogP contribution is -2.20. The second-order valence-corrected chi connectivity index (χ2v) is 3.41. The predicted molar refractivity (Wildman–Crippen MR) is 65.1 cm³/mol. The lowest BCUT2D eigenvalue weighted by Gasteiger charge is -2.13. The Kier molecular flexibility index (Phi) is 5.00. The zero-order chi connectivity index (χ0) is 12.7. The Morgan fingerprint density at radius 1 is 1.35 bits per heavy atom. The van der Waals surface area contributed by atoms with Gasteiger partial charge >= 0.3 is 0 Å². The summed E-state index contributed by atoms with van der Waals surface area (Å²) in [5.74, 6) is 0.907. The normalized spacial score (nSPS) is 11.4. The van der Waals surface area contributed by atoms with Crippen molar-refractivity contribution < 1.29 is 14.3 Å². The van der Waals surface area contributed by atoms with Crippen molar-refractivity contribution in [1.29, 1.82) is 5.41 Å². The zero-order valence-corrected chi connectivity index (χ0v) is 9.90. The van der Waals surface area contributed by atoms with Crippen molar-refractivity contribution >= 4 is 12.6 Å². The number of ether oxygens (including phenoxy) is 2. The van der Waals surface area contributed by atoms with Gasteiger partial charge in [0, 0.05) is 6.54 Å². The quantitative estimate of drug-likeness (QED) is 0.423. The highest BCUT2D eigenvalue weighted by molar-refractivity contribution is 5.65. The van der Waals surface area contributed by atoms with Crippen LogP contribution in [0.5, 0.6) is 11.5 Å². The number of rotatable bonds is 7. The maximum atomic E-state index is 11.0. The van der Waals surface area contributed by atoms with Crippen molar-refractivity contribution in [3.8, 4) is 11.5 Å². The molecular weight excluding hydrogens is 220 g/mol. The van der Waals surface area contributed by atoms with Gasteiger partial charge in [-0.25, -0.2) is 0 Å². The molecule has 17 heavy (non-hydrogen) atoms. The summed E-state index contributed by atoms with van der Waals surface area (Å²) in [6.45, 7) is 0.391. The maximum absolute atomic E-state index is 11.0. The number of nitrogens with one attached hydrogen (secondary N) is 2. The maximum Gasteiger partial charge on any atom is 0.161 e. The Labute approximate surface area is 100 Å². The molecule has 0 heterocycles. The Balaban J connectivity index is 2.95. The molecule has 1 atom stereocenters. The molecule has 0 saturated heterocycles. The van der Waals surface area contributed by atoms with Gasteiger partial charge in [0.2, 0.25) is 0 Å². The predicted octanol–water partition coefficient (Wildman–Crippen LogP) is 1.18. The molecule has 5 nitrogen and oxygen atoms in total. The Hall–Kier alpha value is -2.04. The first kappa shape index (κ1) is 13.0. The smallest absolute Gasteiger partial charge is 0.161 e. The van der Waals surface area contributed by atoms with E-state index in [1.807, 2.05) is 6.07 Å². The first-order chi connectivity index (χ1) is 8.26. The van der Waals surface area contributed by atoms with Gasteiger partial charge < -0.3 is 19.6 Å². The first-order valence-electron chi connectivity index (χ1n) is 5.16. The molecule has 0 aliphatic heterocycles. The molecule has 0 aliphatic carbocycles. The van der Waals surface area contributed by atoms with Gasteiger partial charge in [0.1, 0.15) is 6.29 Å². The van der Waals surface area contributed by atoms with Crippen LogP contribution < -0.4 is 14.8 Å². The van der Waals surface area contributed by atoms with E-state index in [4.69, 9.17) is 14.9 Å². The third kappa shape index (κ3) is 3.21. The summed E-state index contributed by atoms with van der Waals surface area (Å²) in [7, 11) is 3.11. The largest absolute Gasteiger partial charge is 0.493 e. The SMILES string of the molecule is COc1ccc(C(C=O)CNC=N)cc1OC. The lowest BCUT2D eigenvalue weighted by molar-refractivity contribution is -0.108. The van der Waals surface area contributed by atoms with E-state index in [0.717, 1.165) is 18.2 Å². The van der Waals surface area contributed by atoms with Crippen LogP contribution in [-0.4, -0.2) is 33.4 Å². The number of carbonyl (C=O) groups excluding carboxylic acids is 1. The first-order valence-corrected chi connectivity index (χ1v) is 5.16. The molecular formula is C12H16N2O3. The number of hydrogen-bond acceptors (Lipinski definition) is 4. The van der Waals surface area contributed by atoms with Gasteiger partial charge in [-0.3, -0.25) is 5.41 Å². The Morgan fingerprint density at radius 2 is 2.06 bits per heavy atom. The van der Waals surface area contributed by atoms with E-state index in [1.54, 1.807) is 26.4 Å². The molecule has 0 saturated carbocycles. The van der Waals surface area contributed by atoms with Crippen molar-refractivity contribution in [2.45, 2.75) is 5.92 Å². The summed E-state index contributed by atoms with van der Waals surface area (Å²) < 4.78 is 10.3. The van der Waals surface area contributed by atoms with Crippen molar-refractivity contribution in [2.24, 2.45) is 0 Å². The number of carbonyl (C=O) groups is 1. The van der Waals surface area contributed by atoms with Crippen LogP contribution in [0.3, 0.4) is 0 Å². The molecule has 92 valence electrons. The Bertz CT molecular complexity index is 393. The number of hydrogen-bond donors (Lipinski definition) is 2. The fourth-order valence-electron chi connectivity index (χ4n) is 1.51. The third-order valence-corrected chi connectivity index (χ3v) is 2.44. The summed E-state index contributed by atoms with van der Waals surface area (Å²) in [6, 6.07) is 5.34. The zero-order valence-electron chi connectivity index (χ0n) is 9.90. The molecule has 0 fully saturated rings. The van der Waals surface area contributed by atoms with Gasteiger partial charge in [-0.1, -0.05) is 6.07 Å². The molecule has 1 aromatic carbocycles. The Morgan fingerprint density at radius 3 is 2.59 bits per heavy atom. The van der Waals surface area contributed by atoms with E-state index in [0.29, 0.717) is 18.0 Å². The van der Waals surface area contributed by atoms with Crippen molar-refractivity contribution in [1.82, 2.24) is 5.32 Å². The van der Waals surface area contributed by atoms with Crippen LogP contribution in [0.4, 0.5) is 0 Å². The van der Waals surface area contributed by atoms with Crippen LogP contribution in [-0.2, 0) is 4.79 Å². The topological polar surface area (TPSA) is 71.4 Å². The molecule has 0 amide bonds. The molecule has 0 aromatic heterocycles. The van der Waals surface area contributed by atoms with Gasteiger partial charge in [0.25, 0.3) is 0 Å². The van der Waals surface area contributed by atoms with Crippen molar-refractivity contribution in [3.63, 3.8) is 0 Å². The van der Waals surface area contributed by atoms with Crippen LogP contribution >= 0.6 is 0 Å². The molecule has 0 radical (unpaired) electrons. The summed E-state index contributed by atoms with van der Waals surface area (Å²) in [5.41, 5.74) is 0.826. The molecule has 2 N–H and O–H groups in total. The minimum absolute atomic E-state index is 0.309. The molecule has 0 bridgehead atoms. The van der Waals surface area contributed by atoms with Gasteiger partial charge in [-0.15, -0.1) is 0 Å². The number of benzene rings is 1. The fraction of sp³-hybridized carbons (Fsp3) is 0.333. The highest BCUT2D eigenvalue weighted by Gasteiger charge is 2.13. The van der Waals surface area contributed by atoms with Crippen LogP contribution in [0.2, 0.25) is 0 Å². The third-order valence-electron chi connectivity index (χ3n) is 2.44. The fourth-order valence-corrected chi connectivity index (χ4v) is 1.51. The van der Waals surface area contributed by atoms with Crippen LogP contribution in [0.15, 0.2) is 18.2 Å². The standard InChI is InChI=1S/C12H16N2O3/c1-16-11-4-3-9(5-12(11)17-2)10(7-15)6-14-8-13/h3-5,7-8,10H,6H2,1-2H3,(H2,13,14). The van der Waals surface area contributed by atoms with E-state index < -0.39 is 0 Å². The van der Waals surface area contributed by atoms with E-state index in [-0.39, 0.29) is 5.92 Å². The lowest BCUT2D eigenvalue weighted by atomic mass is 10.00. The molecule has 0 aliphatic rings. The summed E-state index contributed by atoms with van der Waals surface area (Å²) in [6.07, 6.45) is 1.91. The van der Waals surface area contributed by atoms with Crippen LogP contribution in [0, 0.1) is 5.41 Å². The van der Waals surface area contributed by atoms with Gasteiger partial charge in [0.15, 0.2) is 11.5 Å². The summed E-state index contributed by atoms with van der Waals surface area (Å²) >= 11 is 0. The summed E-state index contributed by atoms with van der Waals surface area (Å²) in [4.78, 5) is 11.0. The second-order valence-electron chi connectivity index (χ2n) is 3.41. The average Bonchev–Trinajstić information content (AvgIpc) is 2.39. The van der Waals surface area contributed by atoms with Crippen LogP contribution in [0.25, 0.3) is 0 Å². The van der Waals surface area contributed by atoms with E-state index in [9.17, 15) is 4.79 Å². The molecule has 1 unspecified atom stereocenters. The second kappa shape index (κ2) is 6.52. The summed E-state index contributed by atoms with van der Waals surface area (Å²) in [5, 5.41) is 9.58. The highest BCUT2D eigenvalue weighted by Crippen LogP contribution is 2.29.